The number of carbonyl (C=O) groups excluding carboxylic acids is 1. The molecule has 0 aliphatic carbocycles. The Morgan fingerprint density at radius 3 is 2.94 bits per heavy atom. The highest BCUT2D eigenvalue weighted by Gasteiger charge is 2.16. The number of alkyl halides is 1. The Hall–Kier alpha value is -1.36. The number of hydrogen-bond donors (Lipinski definition) is 1. The molecule has 1 aromatic heterocycles. The van der Waals surface area contributed by atoms with Crippen molar-refractivity contribution in [2.75, 3.05) is 5.33 Å². The SMILES string of the molecule is CC(CBr)NC(=O)c1nn(C)c2ccccc12. The largest absolute Gasteiger partial charge is 0.347 e. The van der Waals surface area contributed by atoms with Crippen molar-refractivity contribution < 1.29 is 4.79 Å². The van der Waals surface area contributed by atoms with Crippen molar-refractivity contribution in [1.29, 1.82) is 0 Å². The third kappa shape index (κ3) is 2.34. The summed E-state index contributed by atoms with van der Waals surface area (Å²) >= 11 is 3.33. The first-order valence-corrected chi connectivity index (χ1v) is 6.54. The molecule has 0 saturated carbocycles. The van der Waals surface area contributed by atoms with E-state index in [1.807, 2.05) is 38.2 Å². The molecule has 0 spiro atoms. The lowest BCUT2D eigenvalue weighted by molar-refractivity contribution is 0.0940. The molecular weight excluding hydrogens is 282 g/mol. The summed E-state index contributed by atoms with van der Waals surface area (Å²) in [5.41, 5.74) is 1.44. The van der Waals surface area contributed by atoms with Gasteiger partial charge >= 0.3 is 0 Å². The van der Waals surface area contributed by atoms with Crippen LogP contribution in [0.1, 0.15) is 17.4 Å². The van der Waals surface area contributed by atoms with Crippen LogP contribution >= 0.6 is 15.9 Å². The van der Waals surface area contributed by atoms with Crippen LogP contribution in [0, 0.1) is 0 Å². The highest BCUT2D eigenvalue weighted by molar-refractivity contribution is 9.09. The maximum absolute atomic E-state index is 12.0. The van der Waals surface area contributed by atoms with Crippen molar-refractivity contribution in [2.45, 2.75) is 13.0 Å². The zero-order chi connectivity index (χ0) is 12.4. The third-order valence-electron chi connectivity index (χ3n) is 2.58. The van der Waals surface area contributed by atoms with E-state index < -0.39 is 0 Å². The first-order chi connectivity index (χ1) is 8.13. The fourth-order valence-electron chi connectivity index (χ4n) is 1.71. The van der Waals surface area contributed by atoms with Gasteiger partial charge < -0.3 is 5.32 Å². The predicted molar refractivity (Wildman–Crippen MR) is 71.4 cm³/mol. The summed E-state index contributed by atoms with van der Waals surface area (Å²) in [6, 6.07) is 7.80. The fourth-order valence-corrected chi connectivity index (χ4v) is 1.87. The lowest BCUT2D eigenvalue weighted by Crippen LogP contribution is -2.34. The molecular formula is C12H14BrN3O. The van der Waals surface area contributed by atoms with Crippen molar-refractivity contribution in [3.63, 3.8) is 0 Å². The van der Waals surface area contributed by atoms with Crippen LogP contribution in [0.15, 0.2) is 24.3 Å². The van der Waals surface area contributed by atoms with Gasteiger partial charge in [0.05, 0.1) is 5.52 Å². The monoisotopic (exact) mass is 295 g/mol. The maximum atomic E-state index is 12.0. The fraction of sp³-hybridized carbons (Fsp3) is 0.333. The molecule has 2 rings (SSSR count). The first kappa shape index (κ1) is 12.1. The van der Waals surface area contributed by atoms with Gasteiger partial charge in [-0.1, -0.05) is 34.1 Å². The van der Waals surface area contributed by atoms with Gasteiger partial charge in [0.15, 0.2) is 5.69 Å². The van der Waals surface area contributed by atoms with Crippen molar-refractivity contribution in [2.24, 2.45) is 7.05 Å². The van der Waals surface area contributed by atoms with Crippen molar-refractivity contribution in [3.8, 4) is 0 Å². The Kier molecular flexibility index (Phi) is 3.47. The molecule has 1 N–H and O–H groups in total. The highest BCUT2D eigenvalue weighted by atomic mass is 79.9. The van der Waals surface area contributed by atoms with Crippen LogP contribution in [0.4, 0.5) is 0 Å². The number of nitrogens with one attached hydrogen (secondary N) is 1. The van der Waals surface area contributed by atoms with Crippen LogP contribution < -0.4 is 5.32 Å². The Morgan fingerprint density at radius 1 is 1.53 bits per heavy atom. The molecule has 0 saturated heterocycles. The summed E-state index contributed by atoms with van der Waals surface area (Å²) in [5, 5.41) is 8.77. The van der Waals surface area contributed by atoms with E-state index >= 15 is 0 Å². The predicted octanol–water partition coefficient (Wildman–Crippen LogP) is 2.09. The van der Waals surface area contributed by atoms with E-state index in [0.29, 0.717) is 5.69 Å². The van der Waals surface area contributed by atoms with Crippen LogP contribution in [0.3, 0.4) is 0 Å². The third-order valence-corrected chi connectivity index (χ3v) is 3.55. The van der Waals surface area contributed by atoms with Gasteiger partial charge in [-0.05, 0) is 13.0 Å². The molecule has 17 heavy (non-hydrogen) atoms. The van der Waals surface area contributed by atoms with E-state index in [0.717, 1.165) is 16.2 Å². The van der Waals surface area contributed by atoms with Crippen LogP contribution in [0.5, 0.6) is 0 Å². The summed E-state index contributed by atoms with van der Waals surface area (Å²) in [7, 11) is 1.84. The minimum Gasteiger partial charge on any atom is -0.347 e. The average Bonchev–Trinajstić information content (AvgIpc) is 2.67. The Balaban J connectivity index is 2.39. The van der Waals surface area contributed by atoms with Gasteiger partial charge in [-0.2, -0.15) is 5.10 Å². The lowest BCUT2D eigenvalue weighted by Gasteiger charge is -2.08. The smallest absolute Gasteiger partial charge is 0.272 e. The minimum atomic E-state index is -0.131. The van der Waals surface area contributed by atoms with Crippen LogP contribution in [-0.4, -0.2) is 27.1 Å². The van der Waals surface area contributed by atoms with E-state index in [2.05, 4.69) is 26.3 Å². The quantitative estimate of drug-likeness (QED) is 0.882. The van der Waals surface area contributed by atoms with Crippen LogP contribution in [-0.2, 0) is 7.05 Å². The molecule has 2 aromatic rings. The van der Waals surface area contributed by atoms with Gasteiger partial charge in [-0.3, -0.25) is 9.48 Å². The summed E-state index contributed by atoms with van der Waals surface area (Å²) in [6.45, 7) is 1.94. The van der Waals surface area contributed by atoms with E-state index in [1.165, 1.54) is 0 Å². The van der Waals surface area contributed by atoms with Gasteiger partial charge in [0.1, 0.15) is 0 Å². The Labute approximate surface area is 108 Å². The minimum absolute atomic E-state index is 0.0864. The number of aromatic nitrogens is 2. The number of rotatable bonds is 3. The molecule has 4 nitrogen and oxygen atoms in total. The van der Waals surface area contributed by atoms with E-state index in [-0.39, 0.29) is 11.9 Å². The second-order valence-electron chi connectivity index (χ2n) is 4.02. The zero-order valence-electron chi connectivity index (χ0n) is 9.77. The van der Waals surface area contributed by atoms with Crippen molar-refractivity contribution in [3.05, 3.63) is 30.0 Å². The van der Waals surface area contributed by atoms with Crippen LogP contribution in [0.2, 0.25) is 0 Å². The maximum Gasteiger partial charge on any atom is 0.272 e. The summed E-state index contributed by atoms with van der Waals surface area (Å²) in [5.74, 6) is -0.131. The van der Waals surface area contributed by atoms with Gasteiger partial charge in [0.2, 0.25) is 0 Å². The second kappa shape index (κ2) is 4.87. The molecule has 1 heterocycles. The number of nitrogens with zero attached hydrogens (tertiary/aromatic N) is 2. The number of para-hydroxylation sites is 1. The van der Waals surface area contributed by atoms with Crippen molar-refractivity contribution >= 4 is 32.7 Å². The van der Waals surface area contributed by atoms with E-state index in [1.54, 1.807) is 4.68 Å². The van der Waals surface area contributed by atoms with Gasteiger partial charge in [0.25, 0.3) is 5.91 Å². The molecule has 1 amide bonds. The van der Waals surface area contributed by atoms with Gasteiger partial charge in [-0.15, -0.1) is 0 Å². The molecule has 5 heteroatoms. The standard InChI is InChI=1S/C12H14BrN3O/c1-8(7-13)14-12(17)11-9-5-3-4-6-10(9)16(2)15-11/h3-6,8H,7H2,1-2H3,(H,14,17). The highest BCUT2D eigenvalue weighted by Crippen LogP contribution is 2.17. The number of halogens is 1. The Morgan fingerprint density at radius 2 is 2.24 bits per heavy atom. The molecule has 90 valence electrons. The van der Waals surface area contributed by atoms with Crippen molar-refractivity contribution in [1.82, 2.24) is 15.1 Å². The van der Waals surface area contributed by atoms with E-state index in [9.17, 15) is 4.79 Å². The topological polar surface area (TPSA) is 46.9 Å². The lowest BCUT2D eigenvalue weighted by atomic mass is 10.2. The first-order valence-electron chi connectivity index (χ1n) is 5.42. The zero-order valence-corrected chi connectivity index (χ0v) is 11.4. The molecule has 1 atom stereocenters. The number of amides is 1. The molecule has 1 unspecified atom stereocenters. The van der Waals surface area contributed by atoms with Gasteiger partial charge in [-0.25, -0.2) is 0 Å². The number of aryl methyl sites for hydroxylation is 1. The molecule has 0 bridgehead atoms. The second-order valence-corrected chi connectivity index (χ2v) is 4.67. The normalized spacial score (nSPS) is 12.6. The van der Waals surface area contributed by atoms with Gasteiger partial charge in [0, 0.05) is 23.8 Å². The van der Waals surface area contributed by atoms with Crippen LogP contribution in [0.25, 0.3) is 10.9 Å². The van der Waals surface area contributed by atoms with E-state index in [4.69, 9.17) is 0 Å². The number of benzene rings is 1. The number of hydrogen-bond acceptors (Lipinski definition) is 2. The molecule has 0 fully saturated rings. The Bertz CT molecular complexity index is 550. The summed E-state index contributed by atoms with van der Waals surface area (Å²) in [4.78, 5) is 12.0. The molecule has 1 aromatic carbocycles. The molecule has 0 aliphatic heterocycles. The number of carbonyl (C=O) groups is 1. The summed E-state index contributed by atoms with van der Waals surface area (Å²) < 4.78 is 1.73. The number of fused-ring (bicyclic) bond motifs is 1. The molecule has 0 aliphatic rings. The molecule has 0 radical (unpaired) electrons. The summed E-state index contributed by atoms with van der Waals surface area (Å²) in [6.07, 6.45) is 0. The average molecular weight is 296 g/mol.